The van der Waals surface area contributed by atoms with Crippen molar-refractivity contribution in [2.75, 3.05) is 19.5 Å². The lowest BCUT2D eigenvalue weighted by molar-refractivity contribution is -0.115. The molecule has 0 bridgehead atoms. The summed E-state index contributed by atoms with van der Waals surface area (Å²) in [5.74, 6) is 1.42. The summed E-state index contributed by atoms with van der Waals surface area (Å²) < 4.78 is 13.4. The number of carbonyl (C=O) groups excluding carboxylic acids is 1. The van der Waals surface area contributed by atoms with Gasteiger partial charge in [0.15, 0.2) is 17.1 Å². The summed E-state index contributed by atoms with van der Waals surface area (Å²) >= 11 is 0. The van der Waals surface area contributed by atoms with Crippen molar-refractivity contribution in [3.63, 3.8) is 0 Å². The van der Waals surface area contributed by atoms with Gasteiger partial charge in [-0.25, -0.2) is 0 Å². The van der Waals surface area contributed by atoms with Crippen LogP contribution >= 0.6 is 0 Å². The number of fused-ring (bicyclic) bond motifs is 1. The van der Waals surface area contributed by atoms with Gasteiger partial charge >= 0.3 is 0 Å². The van der Waals surface area contributed by atoms with Crippen LogP contribution in [0.25, 0.3) is 17.0 Å². The molecule has 4 aromatic rings. The van der Waals surface area contributed by atoms with Gasteiger partial charge in [0.25, 0.3) is 5.56 Å². The third kappa shape index (κ3) is 3.84. The molecule has 11 heteroatoms. The Morgan fingerprint density at radius 2 is 1.97 bits per heavy atom. The van der Waals surface area contributed by atoms with E-state index in [1.54, 1.807) is 45.3 Å². The van der Waals surface area contributed by atoms with Gasteiger partial charge in [-0.3, -0.25) is 19.3 Å². The lowest BCUT2D eigenvalue weighted by Crippen LogP contribution is -2.20. The summed E-state index contributed by atoms with van der Waals surface area (Å²) in [6, 6.07) is 6.97. The van der Waals surface area contributed by atoms with Gasteiger partial charge in [-0.05, 0) is 24.6 Å². The summed E-state index contributed by atoms with van der Waals surface area (Å²) in [7, 11) is 4.78. The predicted molar refractivity (Wildman–Crippen MR) is 113 cm³/mol. The van der Waals surface area contributed by atoms with Gasteiger partial charge in [-0.2, -0.15) is 19.9 Å². The molecule has 0 saturated heterocycles. The molecular formula is C20H21N7O4. The third-order valence-electron chi connectivity index (χ3n) is 4.70. The minimum Gasteiger partial charge on any atom is -0.493 e. The second kappa shape index (κ2) is 7.94. The highest BCUT2D eigenvalue weighted by Crippen LogP contribution is 2.28. The standard InChI is InChI=1S/C20H21N7O4/c1-11-7-16(22-17(28)9-12-5-6-14(30-3)15(8-12)31-4)27(25-11)20-23-18-13(19(29)24-20)10-21-26(18)2/h5-8,10H,9H2,1-4H3,(H,22,28)(H,23,24,29). The molecule has 1 aromatic carbocycles. The van der Waals surface area contributed by atoms with Gasteiger partial charge in [-0.15, -0.1) is 0 Å². The highest BCUT2D eigenvalue weighted by atomic mass is 16.5. The van der Waals surface area contributed by atoms with Crippen LogP contribution in [-0.2, 0) is 18.3 Å². The Hall–Kier alpha value is -4.15. The molecule has 0 spiro atoms. The summed E-state index contributed by atoms with van der Waals surface area (Å²) in [5, 5.41) is 11.6. The Morgan fingerprint density at radius 3 is 2.71 bits per heavy atom. The third-order valence-corrected chi connectivity index (χ3v) is 4.70. The number of nitrogens with one attached hydrogen (secondary N) is 2. The van der Waals surface area contributed by atoms with Crippen LogP contribution in [0, 0.1) is 6.92 Å². The fourth-order valence-corrected chi connectivity index (χ4v) is 3.23. The first-order valence-electron chi connectivity index (χ1n) is 9.39. The predicted octanol–water partition coefficient (Wildman–Crippen LogP) is 1.35. The molecule has 0 aliphatic rings. The quantitative estimate of drug-likeness (QED) is 0.479. The minimum atomic E-state index is -0.344. The van der Waals surface area contributed by atoms with Crippen molar-refractivity contribution in [3.05, 3.63) is 52.1 Å². The lowest BCUT2D eigenvalue weighted by atomic mass is 10.1. The molecule has 31 heavy (non-hydrogen) atoms. The normalized spacial score (nSPS) is 11.0. The first-order chi connectivity index (χ1) is 14.9. The topological polar surface area (TPSA) is 129 Å². The largest absolute Gasteiger partial charge is 0.493 e. The summed E-state index contributed by atoms with van der Waals surface area (Å²) in [6.45, 7) is 1.78. The number of ether oxygens (including phenoxy) is 2. The van der Waals surface area contributed by atoms with Gasteiger partial charge in [0, 0.05) is 13.1 Å². The summed E-state index contributed by atoms with van der Waals surface area (Å²) in [4.78, 5) is 32.2. The molecule has 0 fully saturated rings. The monoisotopic (exact) mass is 423 g/mol. The average molecular weight is 423 g/mol. The number of methoxy groups -OCH3 is 2. The SMILES string of the molecule is COc1ccc(CC(=O)Nc2cc(C)nn2-c2nc3c(cnn3C)c(=O)[nH]2)cc1OC. The molecule has 0 saturated carbocycles. The number of carbonyl (C=O) groups is 1. The molecule has 3 aromatic heterocycles. The average Bonchev–Trinajstić information content (AvgIpc) is 3.30. The van der Waals surface area contributed by atoms with Crippen molar-refractivity contribution in [1.82, 2.24) is 29.5 Å². The van der Waals surface area contributed by atoms with Crippen LogP contribution in [-0.4, -0.2) is 49.7 Å². The maximum absolute atomic E-state index is 12.7. The highest BCUT2D eigenvalue weighted by Gasteiger charge is 2.16. The van der Waals surface area contributed by atoms with Crippen LogP contribution in [0.1, 0.15) is 11.3 Å². The molecule has 4 rings (SSSR count). The zero-order chi connectivity index (χ0) is 22.1. The molecule has 1 amide bonds. The number of nitrogens with zero attached hydrogens (tertiary/aromatic N) is 5. The molecule has 0 unspecified atom stereocenters. The van der Waals surface area contributed by atoms with E-state index in [1.807, 2.05) is 0 Å². The lowest BCUT2D eigenvalue weighted by Gasteiger charge is -2.10. The van der Waals surface area contributed by atoms with Crippen LogP contribution in [0.5, 0.6) is 11.5 Å². The van der Waals surface area contributed by atoms with E-state index >= 15 is 0 Å². The van der Waals surface area contributed by atoms with Crippen LogP contribution < -0.4 is 20.3 Å². The van der Waals surface area contributed by atoms with E-state index in [0.717, 1.165) is 5.56 Å². The minimum absolute atomic E-state index is 0.106. The van der Waals surface area contributed by atoms with E-state index in [4.69, 9.17) is 9.47 Å². The van der Waals surface area contributed by atoms with E-state index in [9.17, 15) is 9.59 Å². The van der Waals surface area contributed by atoms with Crippen molar-refractivity contribution in [3.8, 4) is 17.4 Å². The molecule has 160 valence electrons. The fraction of sp³-hybridized carbons (Fsp3) is 0.250. The van der Waals surface area contributed by atoms with Gasteiger partial charge < -0.3 is 14.8 Å². The molecule has 3 heterocycles. The zero-order valence-corrected chi connectivity index (χ0v) is 17.5. The number of aryl methyl sites for hydroxylation is 2. The number of benzene rings is 1. The van der Waals surface area contributed by atoms with Gasteiger partial charge in [0.05, 0.1) is 32.5 Å². The molecule has 0 aliphatic heterocycles. The Morgan fingerprint density at radius 1 is 1.19 bits per heavy atom. The molecule has 0 atom stereocenters. The van der Waals surface area contributed by atoms with Crippen LogP contribution in [0.15, 0.2) is 35.3 Å². The number of H-pyrrole nitrogens is 1. The number of rotatable bonds is 6. The second-order valence-corrected chi connectivity index (χ2v) is 6.89. The Balaban J connectivity index is 1.62. The van der Waals surface area contributed by atoms with Crippen molar-refractivity contribution < 1.29 is 14.3 Å². The molecular weight excluding hydrogens is 402 g/mol. The van der Waals surface area contributed by atoms with Gasteiger partial charge in [0.2, 0.25) is 11.9 Å². The van der Waals surface area contributed by atoms with Crippen molar-refractivity contribution in [2.24, 2.45) is 7.05 Å². The Kier molecular flexibility index (Phi) is 5.15. The Labute approximate surface area is 176 Å². The van der Waals surface area contributed by atoms with Crippen molar-refractivity contribution in [1.29, 1.82) is 0 Å². The zero-order valence-electron chi connectivity index (χ0n) is 17.5. The number of aromatic nitrogens is 6. The summed E-state index contributed by atoms with van der Waals surface area (Å²) in [5.41, 5.74) is 1.47. The molecule has 2 N–H and O–H groups in total. The maximum atomic E-state index is 12.7. The van der Waals surface area contributed by atoms with E-state index in [2.05, 4.69) is 25.5 Å². The van der Waals surface area contributed by atoms with Gasteiger partial charge in [0.1, 0.15) is 11.2 Å². The summed E-state index contributed by atoms with van der Waals surface area (Å²) in [6.07, 6.45) is 1.56. The fourth-order valence-electron chi connectivity index (χ4n) is 3.23. The molecule has 0 aliphatic carbocycles. The van der Waals surface area contributed by atoms with E-state index in [-0.39, 0.29) is 23.8 Å². The van der Waals surface area contributed by atoms with E-state index in [0.29, 0.717) is 34.0 Å². The molecule has 11 nitrogen and oxygen atoms in total. The van der Waals surface area contributed by atoms with Crippen LogP contribution in [0.2, 0.25) is 0 Å². The number of amides is 1. The van der Waals surface area contributed by atoms with Crippen molar-refractivity contribution in [2.45, 2.75) is 13.3 Å². The van der Waals surface area contributed by atoms with Gasteiger partial charge in [-0.1, -0.05) is 6.07 Å². The number of anilines is 1. The number of aromatic amines is 1. The first kappa shape index (κ1) is 20.1. The highest BCUT2D eigenvalue weighted by molar-refractivity contribution is 5.92. The van der Waals surface area contributed by atoms with Crippen LogP contribution in [0.4, 0.5) is 5.82 Å². The maximum Gasteiger partial charge on any atom is 0.263 e. The van der Waals surface area contributed by atoms with Crippen molar-refractivity contribution >= 4 is 22.8 Å². The smallest absolute Gasteiger partial charge is 0.263 e. The van der Waals surface area contributed by atoms with E-state index < -0.39 is 0 Å². The van der Waals surface area contributed by atoms with E-state index in [1.165, 1.54) is 22.7 Å². The second-order valence-electron chi connectivity index (χ2n) is 6.89. The molecule has 0 radical (unpaired) electrons. The number of hydrogen-bond donors (Lipinski definition) is 2. The first-order valence-corrected chi connectivity index (χ1v) is 9.39. The Bertz CT molecular complexity index is 1340. The van der Waals surface area contributed by atoms with Crippen LogP contribution in [0.3, 0.4) is 0 Å². The number of hydrogen-bond acceptors (Lipinski definition) is 7.